The summed E-state index contributed by atoms with van der Waals surface area (Å²) in [6, 6.07) is 3.17. The van der Waals surface area contributed by atoms with Crippen LogP contribution in [-0.2, 0) is 25.6 Å². The van der Waals surface area contributed by atoms with Gasteiger partial charge in [0.25, 0.3) is 0 Å². The van der Waals surface area contributed by atoms with E-state index >= 15 is 0 Å². The van der Waals surface area contributed by atoms with Crippen molar-refractivity contribution in [3.8, 4) is 5.75 Å². The number of rotatable bonds is 12. The smallest absolute Gasteiger partial charge is 0.326 e. The van der Waals surface area contributed by atoms with E-state index in [4.69, 9.17) is 5.73 Å². The number of nitrogens with zero attached hydrogens (tertiary/aromatic N) is 1. The molecule has 11 nitrogen and oxygen atoms in total. The molecule has 0 bridgehead atoms. The Morgan fingerprint density at radius 1 is 1.06 bits per heavy atom. The number of aromatic hydroxyl groups is 1. The molecular weight excluding hydrogens is 466 g/mol. The Hall–Kier alpha value is -3.18. The first-order valence-electron chi connectivity index (χ1n) is 12.7. The Morgan fingerprint density at radius 3 is 2.44 bits per heavy atom. The Morgan fingerprint density at radius 2 is 1.81 bits per heavy atom. The lowest BCUT2D eigenvalue weighted by atomic mass is 10.0. The number of carboxylic acids is 1. The van der Waals surface area contributed by atoms with Crippen molar-refractivity contribution < 1.29 is 29.4 Å². The number of carboxylic acid groups (broad SMARTS) is 1. The lowest BCUT2D eigenvalue weighted by Gasteiger charge is -2.29. The normalized spacial score (nSPS) is 21.1. The number of hydrogen-bond acceptors (Lipinski definition) is 7. The first-order valence-corrected chi connectivity index (χ1v) is 12.7. The highest BCUT2D eigenvalue weighted by atomic mass is 16.4. The maximum absolute atomic E-state index is 13.4. The Kier molecular flexibility index (Phi) is 10.1. The number of aliphatic carboxylic acids is 1. The monoisotopic (exact) mass is 503 g/mol. The van der Waals surface area contributed by atoms with E-state index < -0.39 is 35.9 Å². The fraction of sp³-hybridized carbons (Fsp3) is 0.600. The second-order valence-corrected chi connectivity index (χ2v) is 9.45. The fourth-order valence-corrected chi connectivity index (χ4v) is 4.77. The van der Waals surface area contributed by atoms with Gasteiger partial charge in [0, 0.05) is 13.0 Å². The van der Waals surface area contributed by atoms with Gasteiger partial charge in [-0.3, -0.25) is 14.4 Å². The van der Waals surface area contributed by atoms with Gasteiger partial charge in [-0.1, -0.05) is 12.1 Å². The summed E-state index contributed by atoms with van der Waals surface area (Å²) in [5, 5.41) is 27.8. The van der Waals surface area contributed by atoms with E-state index in [0.717, 1.165) is 18.5 Å². The number of benzene rings is 1. The molecule has 0 aromatic heterocycles. The maximum Gasteiger partial charge on any atom is 0.326 e. The highest BCUT2D eigenvalue weighted by Gasteiger charge is 2.38. The SMILES string of the molecule is NCCCCC(NC(=O)C(Cc1ccc(O)cc1)NC(=O)C1CCCN1)C(=O)N1CCCC1C(=O)O. The van der Waals surface area contributed by atoms with Crippen molar-refractivity contribution in [3.05, 3.63) is 29.8 Å². The van der Waals surface area contributed by atoms with Crippen LogP contribution < -0.4 is 21.7 Å². The Bertz CT molecular complexity index is 918. The summed E-state index contributed by atoms with van der Waals surface area (Å²) in [4.78, 5) is 52.5. The molecule has 2 aliphatic heterocycles. The molecule has 198 valence electrons. The lowest BCUT2D eigenvalue weighted by molar-refractivity contribution is -0.149. The second-order valence-electron chi connectivity index (χ2n) is 9.45. The van der Waals surface area contributed by atoms with Crippen LogP contribution in [0.2, 0.25) is 0 Å². The predicted molar refractivity (Wildman–Crippen MR) is 132 cm³/mol. The summed E-state index contributed by atoms with van der Waals surface area (Å²) in [5.74, 6) is -2.22. The predicted octanol–water partition coefficient (Wildman–Crippen LogP) is -0.139. The standard InChI is InChI=1S/C25H37N5O6/c26-12-2-1-5-19(24(34)30-14-4-7-21(30)25(35)36)28-23(33)20(15-16-8-10-17(31)11-9-16)29-22(32)18-6-3-13-27-18/h8-11,18-21,27,31H,1-7,12-15,26H2,(H,28,33)(H,29,32)(H,35,36). The number of nitrogens with one attached hydrogen (secondary N) is 3. The summed E-state index contributed by atoms with van der Waals surface area (Å²) < 4.78 is 0. The molecule has 0 saturated carbocycles. The van der Waals surface area contributed by atoms with Gasteiger partial charge >= 0.3 is 5.97 Å². The molecule has 0 radical (unpaired) electrons. The van der Waals surface area contributed by atoms with Gasteiger partial charge in [-0.05, 0) is 75.7 Å². The van der Waals surface area contributed by atoms with E-state index in [1.165, 1.54) is 17.0 Å². The van der Waals surface area contributed by atoms with E-state index in [1.54, 1.807) is 12.1 Å². The summed E-state index contributed by atoms with van der Waals surface area (Å²) >= 11 is 0. The molecule has 2 aliphatic rings. The van der Waals surface area contributed by atoms with E-state index in [9.17, 15) is 29.4 Å². The van der Waals surface area contributed by atoms with Gasteiger partial charge in [0.15, 0.2) is 0 Å². The summed E-state index contributed by atoms with van der Waals surface area (Å²) in [6.45, 7) is 1.48. The Labute approximate surface area is 210 Å². The van der Waals surface area contributed by atoms with Crippen molar-refractivity contribution in [2.75, 3.05) is 19.6 Å². The van der Waals surface area contributed by atoms with Crippen LogP contribution in [0.25, 0.3) is 0 Å². The molecular formula is C25H37N5O6. The molecule has 1 aromatic carbocycles. The van der Waals surface area contributed by atoms with Crippen molar-refractivity contribution in [2.24, 2.45) is 5.73 Å². The van der Waals surface area contributed by atoms with Crippen molar-refractivity contribution in [3.63, 3.8) is 0 Å². The molecule has 0 spiro atoms. The zero-order chi connectivity index (χ0) is 26.1. The van der Waals surface area contributed by atoms with Crippen molar-refractivity contribution >= 4 is 23.7 Å². The minimum absolute atomic E-state index is 0.0862. The van der Waals surface area contributed by atoms with Gasteiger partial charge in [0.2, 0.25) is 17.7 Å². The summed E-state index contributed by atoms with van der Waals surface area (Å²) in [5.41, 5.74) is 6.33. The molecule has 3 amide bonds. The number of likely N-dealkylation sites (tertiary alicyclic amines) is 1. The largest absolute Gasteiger partial charge is 0.508 e. The number of nitrogens with two attached hydrogens (primary N) is 1. The van der Waals surface area contributed by atoms with Crippen molar-refractivity contribution in [1.29, 1.82) is 0 Å². The maximum atomic E-state index is 13.4. The van der Waals surface area contributed by atoms with E-state index in [1.807, 2.05) is 0 Å². The third-order valence-corrected chi connectivity index (χ3v) is 6.77. The van der Waals surface area contributed by atoms with Crippen LogP contribution in [0.15, 0.2) is 24.3 Å². The zero-order valence-corrected chi connectivity index (χ0v) is 20.4. The van der Waals surface area contributed by atoms with E-state index in [0.29, 0.717) is 51.6 Å². The first kappa shape index (κ1) is 27.4. The molecule has 11 heteroatoms. The van der Waals surface area contributed by atoms with Gasteiger partial charge < -0.3 is 36.8 Å². The topological polar surface area (TPSA) is 174 Å². The quantitative estimate of drug-likeness (QED) is 0.214. The molecule has 4 unspecified atom stereocenters. The molecule has 1 aromatic rings. The zero-order valence-electron chi connectivity index (χ0n) is 20.4. The van der Waals surface area contributed by atoms with Crippen LogP contribution >= 0.6 is 0 Å². The molecule has 7 N–H and O–H groups in total. The summed E-state index contributed by atoms with van der Waals surface area (Å²) in [6.07, 6.45) is 4.21. The molecule has 2 heterocycles. The van der Waals surface area contributed by atoms with Crippen LogP contribution in [0.5, 0.6) is 5.75 Å². The number of hydrogen-bond donors (Lipinski definition) is 6. The van der Waals surface area contributed by atoms with Crippen LogP contribution in [-0.4, -0.2) is 82.6 Å². The Balaban J connectivity index is 1.77. The van der Waals surface area contributed by atoms with Crippen LogP contribution in [0.3, 0.4) is 0 Å². The van der Waals surface area contributed by atoms with Crippen molar-refractivity contribution in [1.82, 2.24) is 20.9 Å². The molecule has 3 rings (SSSR count). The molecule has 2 saturated heterocycles. The average Bonchev–Trinajstić information content (AvgIpc) is 3.56. The third kappa shape index (κ3) is 7.41. The van der Waals surface area contributed by atoms with Crippen molar-refractivity contribution in [2.45, 2.75) is 75.5 Å². The molecule has 36 heavy (non-hydrogen) atoms. The fourth-order valence-electron chi connectivity index (χ4n) is 4.77. The first-order chi connectivity index (χ1) is 17.3. The number of phenols is 1. The average molecular weight is 504 g/mol. The number of amides is 3. The van der Waals surface area contributed by atoms with E-state index in [-0.39, 0.29) is 24.1 Å². The molecule has 0 aliphatic carbocycles. The number of phenolic OH excluding ortho intramolecular Hbond substituents is 1. The van der Waals surface area contributed by atoms with Gasteiger partial charge in [0.05, 0.1) is 6.04 Å². The van der Waals surface area contributed by atoms with Gasteiger partial charge in [-0.2, -0.15) is 0 Å². The van der Waals surface area contributed by atoms with E-state index in [2.05, 4.69) is 16.0 Å². The van der Waals surface area contributed by atoms with Crippen LogP contribution in [0, 0.1) is 0 Å². The highest BCUT2D eigenvalue weighted by Crippen LogP contribution is 2.20. The molecule has 2 fully saturated rings. The molecule has 4 atom stereocenters. The van der Waals surface area contributed by atoms with Gasteiger partial charge in [-0.25, -0.2) is 4.79 Å². The third-order valence-electron chi connectivity index (χ3n) is 6.77. The highest BCUT2D eigenvalue weighted by molar-refractivity contribution is 5.94. The van der Waals surface area contributed by atoms with Gasteiger partial charge in [0.1, 0.15) is 23.9 Å². The van der Waals surface area contributed by atoms with Gasteiger partial charge in [-0.15, -0.1) is 0 Å². The number of unbranched alkanes of at least 4 members (excludes halogenated alkanes) is 1. The van der Waals surface area contributed by atoms with Crippen LogP contribution in [0.1, 0.15) is 50.5 Å². The minimum Gasteiger partial charge on any atom is -0.508 e. The van der Waals surface area contributed by atoms with Crippen LogP contribution in [0.4, 0.5) is 0 Å². The summed E-state index contributed by atoms with van der Waals surface area (Å²) in [7, 11) is 0. The number of carbonyl (C=O) groups is 4. The number of carbonyl (C=O) groups excluding carboxylic acids is 3. The second kappa shape index (κ2) is 13.2. The lowest BCUT2D eigenvalue weighted by Crippen LogP contribution is -2.57. The minimum atomic E-state index is -1.06.